The summed E-state index contributed by atoms with van der Waals surface area (Å²) in [6.45, 7) is 5.40. The average Bonchev–Trinajstić information content (AvgIpc) is 3.38. The number of hydrogen-bond donors (Lipinski definition) is 2. The SMILES string of the molecule is CC1(C)C(=CC2=C(O)C(=Cc3sc4ccccc4[n+]3CCO)C2=O)N(Cc2ccccc2)c2ccccc21. The van der Waals surface area contributed by atoms with Crippen molar-refractivity contribution in [3.63, 3.8) is 0 Å². The lowest BCUT2D eigenvalue weighted by molar-refractivity contribution is -0.670. The van der Waals surface area contributed by atoms with Gasteiger partial charge in [-0.05, 0) is 29.3 Å². The Morgan fingerprint density at radius 2 is 1.66 bits per heavy atom. The van der Waals surface area contributed by atoms with Gasteiger partial charge in [-0.25, -0.2) is 0 Å². The van der Waals surface area contributed by atoms with Gasteiger partial charge in [0.1, 0.15) is 17.1 Å². The van der Waals surface area contributed by atoms with E-state index >= 15 is 0 Å². The molecule has 1 aromatic heterocycles. The van der Waals surface area contributed by atoms with Gasteiger partial charge in [0.15, 0.2) is 6.54 Å². The smallest absolute Gasteiger partial charge is 0.263 e. The maximum Gasteiger partial charge on any atom is 0.263 e. The number of anilines is 1. The Kier molecular flexibility index (Phi) is 6.01. The maximum atomic E-state index is 13.4. The normalized spacial score (nSPS) is 18.5. The summed E-state index contributed by atoms with van der Waals surface area (Å²) in [6.07, 6.45) is 3.61. The first kappa shape index (κ1) is 24.3. The van der Waals surface area contributed by atoms with Gasteiger partial charge in [-0.3, -0.25) is 4.79 Å². The zero-order valence-electron chi connectivity index (χ0n) is 21.4. The molecule has 0 saturated heterocycles. The zero-order chi connectivity index (χ0) is 26.4. The molecule has 1 aliphatic heterocycles. The Morgan fingerprint density at radius 3 is 2.42 bits per heavy atom. The molecule has 1 aliphatic carbocycles. The van der Waals surface area contributed by atoms with E-state index in [-0.39, 0.29) is 23.6 Å². The van der Waals surface area contributed by atoms with Crippen molar-refractivity contribution >= 4 is 39.1 Å². The van der Waals surface area contributed by atoms with Crippen LogP contribution in [0.4, 0.5) is 5.69 Å². The van der Waals surface area contributed by atoms with Gasteiger partial charge in [0.25, 0.3) is 5.01 Å². The highest BCUT2D eigenvalue weighted by Crippen LogP contribution is 2.49. The first-order valence-electron chi connectivity index (χ1n) is 12.8. The van der Waals surface area contributed by atoms with E-state index in [1.807, 2.05) is 65.2 Å². The third-order valence-electron chi connectivity index (χ3n) is 7.49. The molecule has 0 amide bonds. The Labute approximate surface area is 225 Å². The number of allylic oxidation sites excluding steroid dienone is 4. The van der Waals surface area contributed by atoms with Crippen LogP contribution in [0, 0.1) is 0 Å². The number of Topliss-reactive ketones (excluding diaryl/α,β-unsaturated/α-hetero) is 1. The molecule has 0 atom stereocenters. The van der Waals surface area contributed by atoms with Crippen LogP contribution in [0.1, 0.15) is 30.0 Å². The van der Waals surface area contributed by atoms with E-state index < -0.39 is 0 Å². The lowest BCUT2D eigenvalue weighted by Gasteiger charge is -2.29. The number of hydrogen-bond acceptors (Lipinski definition) is 5. The number of benzene rings is 3. The summed E-state index contributed by atoms with van der Waals surface area (Å²) >= 11 is 1.54. The van der Waals surface area contributed by atoms with Gasteiger partial charge in [-0.2, -0.15) is 4.57 Å². The quantitative estimate of drug-likeness (QED) is 0.247. The molecule has 0 fully saturated rings. The molecule has 0 spiro atoms. The van der Waals surface area contributed by atoms with Crippen LogP contribution >= 0.6 is 11.3 Å². The standard InChI is InChI=1S/C32H28N2O3S/c1-32(2)24-12-6-7-13-25(24)34(20-21-10-4-3-5-11-21)28(32)18-22-30(36)23(31(22)37)19-29-33(16-17-35)26-14-8-9-15-27(26)38-29/h3-15,18-19,35H,16-17,20H2,1-2H3/p+1. The second kappa shape index (κ2) is 9.39. The predicted octanol–water partition coefficient (Wildman–Crippen LogP) is 5.84. The molecule has 2 heterocycles. The highest BCUT2D eigenvalue weighted by molar-refractivity contribution is 7.18. The van der Waals surface area contributed by atoms with E-state index in [1.54, 1.807) is 6.08 Å². The Bertz CT molecular complexity index is 1660. The minimum Gasteiger partial charge on any atom is -0.506 e. The molecular formula is C32H29N2O3S+. The Morgan fingerprint density at radius 1 is 0.947 bits per heavy atom. The predicted molar refractivity (Wildman–Crippen MR) is 152 cm³/mol. The van der Waals surface area contributed by atoms with Gasteiger partial charge in [0.05, 0.1) is 11.1 Å². The van der Waals surface area contributed by atoms with E-state index in [4.69, 9.17) is 0 Å². The largest absolute Gasteiger partial charge is 0.506 e. The van der Waals surface area contributed by atoms with Gasteiger partial charge in [-0.1, -0.05) is 85.8 Å². The van der Waals surface area contributed by atoms with E-state index in [0.717, 1.165) is 26.6 Å². The van der Waals surface area contributed by atoms with Crippen molar-refractivity contribution in [1.82, 2.24) is 0 Å². The van der Waals surface area contributed by atoms with Crippen LogP contribution in [0.15, 0.2) is 108 Å². The van der Waals surface area contributed by atoms with Crippen LogP contribution in [0.3, 0.4) is 0 Å². The topological polar surface area (TPSA) is 64.7 Å². The molecule has 0 radical (unpaired) electrons. The number of nitrogens with zero attached hydrogens (tertiary/aromatic N) is 2. The number of para-hydroxylation sites is 2. The van der Waals surface area contributed by atoms with Gasteiger partial charge in [0, 0.05) is 35.5 Å². The third-order valence-corrected chi connectivity index (χ3v) is 8.60. The minimum absolute atomic E-state index is 0.0123. The summed E-state index contributed by atoms with van der Waals surface area (Å²) in [5.41, 5.74) is 5.76. The number of carbonyl (C=O) groups is 1. The van der Waals surface area contributed by atoms with Gasteiger partial charge < -0.3 is 15.1 Å². The molecule has 0 bridgehead atoms. The van der Waals surface area contributed by atoms with Crippen molar-refractivity contribution in [3.8, 4) is 0 Å². The van der Waals surface area contributed by atoms with Gasteiger partial charge in [-0.15, -0.1) is 0 Å². The number of rotatable bonds is 6. The molecule has 190 valence electrons. The van der Waals surface area contributed by atoms with Crippen molar-refractivity contribution in [2.45, 2.75) is 32.4 Å². The van der Waals surface area contributed by atoms with Crippen molar-refractivity contribution in [1.29, 1.82) is 0 Å². The van der Waals surface area contributed by atoms with Crippen LogP contribution in [0.5, 0.6) is 0 Å². The van der Waals surface area contributed by atoms with Crippen LogP contribution in [-0.4, -0.2) is 22.6 Å². The molecule has 0 saturated carbocycles. The second-order valence-electron chi connectivity index (χ2n) is 10.2. The van der Waals surface area contributed by atoms with Crippen molar-refractivity contribution in [3.05, 3.63) is 124 Å². The van der Waals surface area contributed by atoms with Crippen LogP contribution in [0.25, 0.3) is 16.3 Å². The molecule has 4 aromatic rings. The summed E-state index contributed by atoms with van der Waals surface area (Å²) in [7, 11) is 0. The molecule has 6 rings (SSSR count). The average molecular weight is 522 g/mol. The van der Waals surface area contributed by atoms with E-state index in [0.29, 0.717) is 24.2 Å². The fourth-order valence-electron chi connectivity index (χ4n) is 5.50. The number of fused-ring (bicyclic) bond motifs is 2. The highest BCUT2D eigenvalue weighted by Gasteiger charge is 2.42. The summed E-state index contributed by atoms with van der Waals surface area (Å²) < 4.78 is 3.05. The molecule has 0 unspecified atom stereocenters. The highest BCUT2D eigenvalue weighted by atomic mass is 32.1. The van der Waals surface area contributed by atoms with E-state index in [2.05, 4.69) is 43.0 Å². The van der Waals surface area contributed by atoms with Crippen molar-refractivity contribution < 1.29 is 19.6 Å². The Hall–Kier alpha value is -4.00. The molecular weight excluding hydrogens is 492 g/mol. The lowest BCUT2D eigenvalue weighted by Crippen LogP contribution is -2.37. The first-order valence-corrected chi connectivity index (χ1v) is 13.6. The van der Waals surface area contributed by atoms with E-state index in [1.165, 1.54) is 22.5 Å². The van der Waals surface area contributed by atoms with Gasteiger partial charge in [0.2, 0.25) is 11.3 Å². The van der Waals surface area contributed by atoms with Crippen LogP contribution in [-0.2, 0) is 23.3 Å². The number of aliphatic hydroxyl groups excluding tert-OH is 2. The number of carbonyl (C=O) groups excluding carboxylic acids is 1. The molecule has 2 aliphatic rings. The summed E-state index contributed by atoms with van der Waals surface area (Å²) in [6, 6.07) is 26.6. The van der Waals surface area contributed by atoms with E-state index in [9.17, 15) is 15.0 Å². The summed E-state index contributed by atoms with van der Waals surface area (Å²) in [5.74, 6) is -0.156. The zero-order valence-corrected chi connectivity index (χ0v) is 22.2. The molecule has 2 N–H and O–H groups in total. The fraction of sp³-hybridized carbons (Fsp3) is 0.188. The minimum atomic E-state index is -0.339. The van der Waals surface area contributed by atoms with Crippen molar-refractivity contribution in [2.24, 2.45) is 0 Å². The number of aliphatic hydroxyl groups is 2. The first-order chi connectivity index (χ1) is 18.4. The lowest BCUT2D eigenvalue weighted by atomic mass is 9.80. The second-order valence-corrected chi connectivity index (χ2v) is 11.2. The summed E-state index contributed by atoms with van der Waals surface area (Å²) in [4.78, 5) is 15.6. The molecule has 6 heteroatoms. The maximum absolute atomic E-state index is 13.4. The van der Waals surface area contributed by atoms with Gasteiger partial charge >= 0.3 is 0 Å². The molecule has 38 heavy (non-hydrogen) atoms. The van der Waals surface area contributed by atoms with Crippen LogP contribution < -0.4 is 9.47 Å². The Balaban J connectivity index is 1.42. The summed E-state index contributed by atoms with van der Waals surface area (Å²) in [5, 5.41) is 21.5. The monoisotopic (exact) mass is 521 g/mol. The van der Waals surface area contributed by atoms with Crippen LogP contribution in [0.2, 0.25) is 0 Å². The molecule has 3 aromatic carbocycles. The third kappa shape index (κ3) is 3.88. The number of aromatic nitrogens is 1. The fourth-order valence-corrected chi connectivity index (χ4v) is 6.63. The number of ketones is 1. The molecule has 5 nitrogen and oxygen atoms in total. The number of thiazole rings is 1. The van der Waals surface area contributed by atoms with Crippen molar-refractivity contribution in [2.75, 3.05) is 11.5 Å².